The third-order valence-corrected chi connectivity index (χ3v) is 3.81. The Hall–Kier alpha value is -3.31. The van der Waals surface area contributed by atoms with Gasteiger partial charge < -0.3 is 14.8 Å². The topological polar surface area (TPSA) is 79.5 Å². The lowest BCUT2D eigenvalue weighted by Crippen LogP contribution is -2.27. The van der Waals surface area contributed by atoms with Crippen molar-refractivity contribution in [2.24, 2.45) is 0 Å². The number of carbonyl (C=O) groups excluding carboxylic acids is 1. The van der Waals surface area contributed by atoms with Crippen molar-refractivity contribution in [2.75, 3.05) is 0 Å². The summed E-state index contributed by atoms with van der Waals surface area (Å²) in [5, 5.41) is 12.3. The largest absolute Gasteiger partial charge is 0.477 e. The Balaban J connectivity index is 1.82. The minimum atomic E-state index is -1.27. The van der Waals surface area contributed by atoms with E-state index in [1.807, 2.05) is 0 Å². The summed E-state index contributed by atoms with van der Waals surface area (Å²) in [6, 6.07) is 18.8. The first-order chi connectivity index (χ1) is 12.5. The fraction of sp³-hybridized carbons (Fsp3) is 0. The van der Waals surface area contributed by atoms with Gasteiger partial charge >= 0.3 is 5.97 Å². The Kier molecular flexibility index (Phi) is 5.20. The van der Waals surface area contributed by atoms with Crippen LogP contribution in [-0.2, 0) is 4.79 Å². The van der Waals surface area contributed by atoms with Crippen molar-refractivity contribution in [3.63, 3.8) is 0 Å². The summed E-state index contributed by atoms with van der Waals surface area (Å²) in [6.45, 7) is 0. The number of furan rings is 1. The third-order valence-electron chi connectivity index (χ3n) is 3.56. The van der Waals surface area contributed by atoms with Crippen molar-refractivity contribution in [1.29, 1.82) is 0 Å². The number of carboxylic acid groups (broad SMARTS) is 1. The average Bonchev–Trinajstić information content (AvgIpc) is 3.11. The minimum absolute atomic E-state index is 0.282. The summed E-state index contributed by atoms with van der Waals surface area (Å²) in [4.78, 5) is 23.6. The van der Waals surface area contributed by atoms with Gasteiger partial charge in [-0.1, -0.05) is 29.8 Å². The second-order valence-corrected chi connectivity index (χ2v) is 5.83. The summed E-state index contributed by atoms with van der Waals surface area (Å²) >= 11 is 5.86. The lowest BCUT2D eigenvalue weighted by atomic mass is 10.2. The van der Waals surface area contributed by atoms with Crippen molar-refractivity contribution in [3.8, 4) is 11.3 Å². The number of rotatable bonds is 5. The molecule has 0 unspecified atom stereocenters. The molecule has 0 bridgehead atoms. The van der Waals surface area contributed by atoms with Crippen LogP contribution in [0.4, 0.5) is 0 Å². The van der Waals surface area contributed by atoms with E-state index in [0.29, 0.717) is 22.1 Å². The SMILES string of the molecule is O=C(O)C(=Cc1ccc(-c2ccc(Cl)cc2)o1)NC(=O)c1ccccc1. The van der Waals surface area contributed by atoms with Crippen molar-refractivity contribution in [3.05, 3.63) is 88.8 Å². The third kappa shape index (κ3) is 4.20. The number of carbonyl (C=O) groups is 2. The Morgan fingerprint density at radius 1 is 0.962 bits per heavy atom. The molecule has 0 saturated carbocycles. The van der Waals surface area contributed by atoms with Crippen LogP contribution in [0, 0.1) is 0 Å². The molecule has 130 valence electrons. The van der Waals surface area contributed by atoms with Crippen LogP contribution in [0.1, 0.15) is 16.1 Å². The van der Waals surface area contributed by atoms with Crippen LogP contribution in [0.2, 0.25) is 5.02 Å². The number of halogens is 1. The van der Waals surface area contributed by atoms with Gasteiger partial charge in [-0.25, -0.2) is 4.79 Å². The number of aliphatic carboxylic acids is 1. The molecule has 0 spiro atoms. The molecular formula is C20H14ClNO4. The lowest BCUT2D eigenvalue weighted by Gasteiger charge is -2.05. The summed E-state index contributed by atoms with van der Waals surface area (Å²) in [5.74, 6) is -0.907. The predicted molar refractivity (Wildman–Crippen MR) is 98.7 cm³/mol. The van der Waals surface area contributed by atoms with Gasteiger partial charge in [-0.15, -0.1) is 0 Å². The number of benzene rings is 2. The molecule has 6 heteroatoms. The first kappa shape index (κ1) is 17.5. The maximum Gasteiger partial charge on any atom is 0.352 e. The van der Waals surface area contributed by atoms with E-state index < -0.39 is 11.9 Å². The normalized spacial score (nSPS) is 11.2. The number of nitrogens with one attached hydrogen (secondary N) is 1. The van der Waals surface area contributed by atoms with Gasteiger partial charge in [0.25, 0.3) is 5.91 Å². The highest BCUT2D eigenvalue weighted by atomic mass is 35.5. The van der Waals surface area contributed by atoms with Crippen LogP contribution >= 0.6 is 11.6 Å². The van der Waals surface area contributed by atoms with Crippen LogP contribution in [-0.4, -0.2) is 17.0 Å². The van der Waals surface area contributed by atoms with Crippen molar-refractivity contribution >= 4 is 29.6 Å². The average molecular weight is 368 g/mol. The molecule has 0 atom stereocenters. The smallest absolute Gasteiger partial charge is 0.352 e. The Labute approximate surface area is 154 Å². The summed E-state index contributed by atoms with van der Waals surface area (Å²) in [6.07, 6.45) is 1.27. The fourth-order valence-electron chi connectivity index (χ4n) is 2.28. The van der Waals surface area contributed by atoms with E-state index in [1.165, 1.54) is 6.08 Å². The van der Waals surface area contributed by atoms with Crippen LogP contribution in [0.15, 0.2) is 76.8 Å². The van der Waals surface area contributed by atoms with Crippen LogP contribution in [0.5, 0.6) is 0 Å². The van der Waals surface area contributed by atoms with Crippen molar-refractivity contribution < 1.29 is 19.1 Å². The minimum Gasteiger partial charge on any atom is -0.477 e. The molecular weight excluding hydrogens is 354 g/mol. The highest BCUT2D eigenvalue weighted by molar-refractivity contribution is 6.30. The zero-order valence-corrected chi connectivity index (χ0v) is 14.2. The molecule has 0 radical (unpaired) electrons. The summed E-state index contributed by atoms with van der Waals surface area (Å²) < 4.78 is 5.64. The molecule has 2 aromatic carbocycles. The van der Waals surface area contributed by atoms with E-state index in [4.69, 9.17) is 16.0 Å². The fourth-order valence-corrected chi connectivity index (χ4v) is 2.40. The van der Waals surface area contributed by atoms with E-state index in [0.717, 1.165) is 5.56 Å². The highest BCUT2D eigenvalue weighted by Crippen LogP contribution is 2.24. The van der Waals surface area contributed by atoms with E-state index in [-0.39, 0.29) is 5.70 Å². The quantitative estimate of drug-likeness (QED) is 0.653. The first-order valence-corrected chi connectivity index (χ1v) is 8.08. The number of hydrogen-bond acceptors (Lipinski definition) is 3. The highest BCUT2D eigenvalue weighted by Gasteiger charge is 2.14. The molecule has 5 nitrogen and oxygen atoms in total. The molecule has 1 aromatic heterocycles. The van der Waals surface area contributed by atoms with E-state index in [2.05, 4.69) is 5.32 Å². The molecule has 0 aliphatic rings. The molecule has 26 heavy (non-hydrogen) atoms. The predicted octanol–water partition coefficient (Wildman–Crippen LogP) is 4.46. The van der Waals surface area contributed by atoms with Crippen LogP contribution in [0.25, 0.3) is 17.4 Å². The van der Waals surface area contributed by atoms with Gasteiger partial charge in [0.1, 0.15) is 17.2 Å². The van der Waals surface area contributed by atoms with Gasteiger partial charge in [-0.05, 0) is 48.5 Å². The molecule has 0 saturated heterocycles. The van der Waals surface area contributed by atoms with E-state index in [9.17, 15) is 14.7 Å². The van der Waals surface area contributed by atoms with Gasteiger partial charge in [0, 0.05) is 22.2 Å². The second kappa shape index (κ2) is 7.72. The molecule has 2 N–H and O–H groups in total. The number of hydrogen-bond donors (Lipinski definition) is 2. The summed E-state index contributed by atoms with van der Waals surface area (Å²) in [7, 11) is 0. The molecule has 3 aromatic rings. The molecule has 0 aliphatic carbocycles. The van der Waals surface area contributed by atoms with Crippen molar-refractivity contribution in [1.82, 2.24) is 5.32 Å². The molecule has 0 fully saturated rings. The maximum atomic E-state index is 12.1. The number of amides is 1. The zero-order chi connectivity index (χ0) is 18.5. The zero-order valence-electron chi connectivity index (χ0n) is 13.5. The molecule has 0 aliphatic heterocycles. The molecule has 3 rings (SSSR count). The monoisotopic (exact) mass is 367 g/mol. The van der Waals surface area contributed by atoms with Gasteiger partial charge in [-0.2, -0.15) is 0 Å². The van der Waals surface area contributed by atoms with Gasteiger partial charge in [0.15, 0.2) is 0 Å². The van der Waals surface area contributed by atoms with Crippen LogP contribution < -0.4 is 5.32 Å². The molecule has 1 heterocycles. The number of carboxylic acids is 1. The Bertz CT molecular complexity index is 959. The van der Waals surface area contributed by atoms with Gasteiger partial charge in [0.2, 0.25) is 0 Å². The second-order valence-electron chi connectivity index (χ2n) is 5.39. The van der Waals surface area contributed by atoms with Crippen LogP contribution in [0.3, 0.4) is 0 Å². The van der Waals surface area contributed by atoms with E-state index >= 15 is 0 Å². The van der Waals surface area contributed by atoms with E-state index in [1.54, 1.807) is 66.7 Å². The molecule has 1 amide bonds. The first-order valence-electron chi connectivity index (χ1n) is 7.70. The maximum absolute atomic E-state index is 12.1. The Morgan fingerprint density at radius 3 is 2.31 bits per heavy atom. The van der Waals surface area contributed by atoms with Crippen molar-refractivity contribution in [2.45, 2.75) is 0 Å². The van der Waals surface area contributed by atoms with Gasteiger partial charge in [-0.3, -0.25) is 4.79 Å². The summed E-state index contributed by atoms with van der Waals surface area (Å²) in [5.41, 5.74) is 0.885. The van der Waals surface area contributed by atoms with Gasteiger partial charge in [0.05, 0.1) is 0 Å². The standard InChI is InChI=1S/C20H14ClNO4/c21-15-8-6-13(7-9-15)18-11-10-16(26-18)12-17(20(24)25)22-19(23)14-4-2-1-3-5-14/h1-12H,(H,22,23)(H,24,25). The Morgan fingerprint density at radius 2 is 1.65 bits per heavy atom. The lowest BCUT2D eigenvalue weighted by molar-refractivity contribution is -0.132.